The molecule has 104 valence electrons. The number of amides is 4. The molecule has 0 spiro atoms. The van der Waals surface area contributed by atoms with E-state index < -0.39 is 29.8 Å². The minimum Gasteiger partial charge on any atom is -0.300 e. The summed E-state index contributed by atoms with van der Waals surface area (Å²) in [6.07, 6.45) is -0.487. The van der Waals surface area contributed by atoms with Crippen LogP contribution < -0.4 is 10.6 Å². The molecule has 4 amide bonds. The molecule has 19 heavy (non-hydrogen) atoms. The molecule has 2 aliphatic rings. The first-order valence-electron chi connectivity index (χ1n) is 6.17. The number of imide groups is 2. The van der Waals surface area contributed by atoms with E-state index in [-0.39, 0.29) is 26.2 Å². The van der Waals surface area contributed by atoms with Gasteiger partial charge in [0, 0.05) is 0 Å². The van der Waals surface area contributed by atoms with Gasteiger partial charge in [-0.2, -0.15) is 0 Å². The van der Waals surface area contributed by atoms with Gasteiger partial charge in [-0.3, -0.25) is 39.6 Å². The summed E-state index contributed by atoms with van der Waals surface area (Å²) >= 11 is 0. The van der Waals surface area contributed by atoms with Crippen LogP contribution in [0.4, 0.5) is 0 Å². The number of nitrogens with zero attached hydrogens (tertiary/aromatic N) is 2. The van der Waals surface area contributed by atoms with Crippen molar-refractivity contribution in [2.45, 2.75) is 19.5 Å². The van der Waals surface area contributed by atoms with Crippen molar-refractivity contribution in [2.24, 2.45) is 0 Å². The second-order valence-corrected chi connectivity index (χ2v) is 4.41. The molecular formula is C11H16N4O4. The smallest absolute Gasteiger partial charge is 0.244 e. The van der Waals surface area contributed by atoms with Crippen LogP contribution in [-0.4, -0.2) is 65.8 Å². The Morgan fingerprint density at radius 1 is 0.842 bits per heavy atom. The number of piperazine rings is 2. The number of rotatable bonds is 3. The van der Waals surface area contributed by atoms with Crippen LogP contribution in [0.25, 0.3) is 0 Å². The first kappa shape index (κ1) is 13.6. The van der Waals surface area contributed by atoms with Crippen LogP contribution in [-0.2, 0) is 19.2 Å². The van der Waals surface area contributed by atoms with Crippen LogP contribution in [0.5, 0.6) is 0 Å². The van der Waals surface area contributed by atoms with Crippen LogP contribution in [0.1, 0.15) is 13.3 Å². The van der Waals surface area contributed by atoms with E-state index in [2.05, 4.69) is 10.6 Å². The van der Waals surface area contributed by atoms with Crippen LogP contribution in [0.15, 0.2) is 0 Å². The summed E-state index contributed by atoms with van der Waals surface area (Å²) in [5.74, 6) is -1.66. The lowest BCUT2D eigenvalue weighted by Crippen LogP contribution is -2.65. The number of carbonyl (C=O) groups is 4. The summed E-state index contributed by atoms with van der Waals surface area (Å²) in [6, 6.07) is 0. The van der Waals surface area contributed by atoms with Crippen LogP contribution in [0.2, 0.25) is 0 Å². The third kappa shape index (κ3) is 2.49. The van der Waals surface area contributed by atoms with Crippen molar-refractivity contribution >= 4 is 23.6 Å². The normalized spacial score (nSPS) is 21.6. The fourth-order valence-corrected chi connectivity index (χ4v) is 2.32. The largest absolute Gasteiger partial charge is 0.300 e. The first-order chi connectivity index (χ1) is 9.06. The molecule has 0 radical (unpaired) electrons. The molecule has 2 rings (SSSR count). The molecule has 8 nitrogen and oxygen atoms in total. The van der Waals surface area contributed by atoms with Gasteiger partial charge < -0.3 is 0 Å². The first-order valence-corrected chi connectivity index (χ1v) is 6.17. The Labute approximate surface area is 110 Å². The fourth-order valence-electron chi connectivity index (χ4n) is 2.32. The molecule has 0 atom stereocenters. The molecule has 0 aromatic heterocycles. The summed E-state index contributed by atoms with van der Waals surface area (Å²) in [7, 11) is 0. The SMILES string of the molecule is CCC(N1C(=O)CNCC1=O)N1C(=O)CNCC1=O. The lowest BCUT2D eigenvalue weighted by atomic mass is 10.2. The van der Waals surface area contributed by atoms with Gasteiger partial charge in [0.1, 0.15) is 6.17 Å². The Bertz CT molecular complexity index is 366. The van der Waals surface area contributed by atoms with Gasteiger partial charge in [0.25, 0.3) is 0 Å². The predicted molar refractivity (Wildman–Crippen MR) is 63.5 cm³/mol. The van der Waals surface area contributed by atoms with Crippen molar-refractivity contribution in [3.63, 3.8) is 0 Å². The summed E-state index contributed by atoms with van der Waals surface area (Å²) in [4.78, 5) is 49.4. The Kier molecular flexibility index (Phi) is 3.91. The van der Waals surface area contributed by atoms with Crippen molar-refractivity contribution in [1.29, 1.82) is 0 Å². The third-order valence-corrected chi connectivity index (χ3v) is 3.14. The highest BCUT2D eigenvalue weighted by atomic mass is 16.2. The zero-order valence-electron chi connectivity index (χ0n) is 10.6. The predicted octanol–water partition coefficient (Wildman–Crippen LogP) is -2.36. The van der Waals surface area contributed by atoms with Gasteiger partial charge in [0.15, 0.2) is 0 Å². The Morgan fingerprint density at radius 3 is 1.42 bits per heavy atom. The van der Waals surface area contributed by atoms with E-state index in [0.29, 0.717) is 6.42 Å². The molecule has 2 heterocycles. The lowest BCUT2D eigenvalue weighted by Gasteiger charge is -2.40. The molecule has 0 aliphatic carbocycles. The molecule has 0 aromatic carbocycles. The minimum absolute atomic E-state index is 0.0384. The van der Waals surface area contributed by atoms with E-state index >= 15 is 0 Å². The van der Waals surface area contributed by atoms with E-state index in [4.69, 9.17) is 0 Å². The number of carbonyl (C=O) groups excluding carboxylic acids is 4. The van der Waals surface area contributed by atoms with E-state index in [1.165, 1.54) is 0 Å². The molecule has 0 unspecified atom stereocenters. The topological polar surface area (TPSA) is 98.8 Å². The van der Waals surface area contributed by atoms with E-state index in [1.807, 2.05) is 0 Å². The number of hydrogen-bond acceptors (Lipinski definition) is 6. The van der Waals surface area contributed by atoms with Crippen LogP contribution in [0, 0.1) is 0 Å². The summed E-state index contributed by atoms with van der Waals surface area (Å²) in [5.41, 5.74) is 0. The third-order valence-electron chi connectivity index (χ3n) is 3.14. The van der Waals surface area contributed by atoms with E-state index in [1.54, 1.807) is 6.92 Å². The molecule has 2 aliphatic heterocycles. The monoisotopic (exact) mass is 268 g/mol. The van der Waals surface area contributed by atoms with Gasteiger partial charge in [0.05, 0.1) is 26.2 Å². The average molecular weight is 268 g/mol. The number of nitrogens with one attached hydrogen (secondary N) is 2. The highest BCUT2D eigenvalue weighted by molar-refractivity contribution is 6.03. The molecule has 2 N–H and O–H groups in total. The molecule has 0 bridgehead atoms. The molecule has 0 saturated carbocycles. The molecule has 2 fully saturated rings. The van der Waals surface area contributed by atoms with Crippen molar-refractivity contribution in [3.8, 4) is 0 Å². The maximum atomic E-state index is 11.8. The molecule has 0 aromatic rings. The summed E-state index contributed by atoms with van der Waals surface area (Å²) < 4.78 is 0. The molecular weight excluding hydrogens is 252 g/mol. The molecule has 8 heteroatoms. The standard InChI is InChI=1S/C11H16N4O4/c1-2-7(14-8(16)3-12-4-9(14)17)15-10(18)5-13-6-11(15)19/h7,12-13H,2-6H2,1H3. The summed E-state index contributed by atoms with van der Waals surface area (Å²) in [6.45, 7) is 1.89. The van der Waals surface area contributed by atoms with Gasteiger partial charge in [-0.25, -0.2) is 0 Å². The highest BCUT2D eigenvalue weighted by Crippen LogP contribution is 2.15. The summed E-state index contributed by atoms with van der Waals surface area (Å²) in [5, 5.41) is 5.35. The second-order valence-electron chi connectivity index (χ2n) is 4.41. The van der Waals surface area contributed by atoms with Gasteiger partial charge >= 0.3 is 0 Å². The average Bonchev–Trinajstić information content (AvgIpc) is 2.36. The maximum Gasteiger partial charge on any atom is 0.244 e. The fraction of sp³-hybridized carbons (Fsp3) is 0.636. The lowest BCUT2D eigenvalue weighted by molar-refractivity contribution is -0.163. The van der Waals surface area contributed by atoms with Gasteiger partial charge in [0.2, 0.25) is 23.6 Å². The number of hydrogen-bond donors (Lipinski definition) is 2. The zero-order valence-corrected chi connectivity index (χ0v) is 10.6. The zero-order chi connectivity index (χ0) is 14.0. The van der Waals surface area contributed by atoms with Gasteiger partial charge in [-0.1, -0.05) is 6.92 Å². The van der Waals surface area contributed by atoms with Crippen LogP contribution >= 0.6 is 0 Å². The Morgan fingerprint density at radius 2 is 1.16 bits per heavy atom. The Hall–Kier alpha value is -1.80. The molecule has 2 saturated heterocycles. The van der Waals surface area contributed by atoms with Crippen molar-refractivity contribution in [2.75, 3.05) is 26.2 Å². The van der Waals surface area contributed by atoms with Gasteiger partial charge in [-0.15, -0.1) is 0 Å². The maximum absolute atomic E-state index is 11.8. The van der Waals surface area contributed by atoms with Crippen molar-refractivity contribution in [1.82, 2.24) is 20.4 Å². The van der Waals surface area contributed by atoms with Gasteiger partial charge in [-0.05, 0) is 6.42 Å². The van der Waals surface area contributed by atoms with E-state index in [0.717, 1.165) is 9.80 Å². The quantitative estimate of drug-likeness (QED) is 0.556. The van der Waals surface area contributed by atoms with Crippen molar-refractivity contribution < 1.29 is 19.2 Å². The highest BCUT2D eigenvalue weighted by Gasteiger charge is 2.40. The van der Waals surface area contributed by atoms with E-state index in [9.17, 15) is 19.2 Å². The second kappa shape index (κ2) is 5.45. The van der Waals surface area contributed by atoms with Crippen LogP contribution in [0.3, 0.4) is 0 Å². The Balaban J connectivity index is 2.27. The minimum atomic E-state index is -0.816. The van der Waals surface area contributed by atoms with Crippen molar-refractivity contribution in [3.05, 3.63) is 0 Å².